The number of hydrogen-bond donors (Lipinski definition) is 0. The van der Waals surface area contributed by atoms with E-state index in [2.05, 4.69) is 32.9 Å². The monoisotopic (exact) mass is 342 g/mol. The van der Waals surface area contributed by atoms with Crippen LogP contribution in [0.25, 0.3) is 0 Å². The minimum Gasteiger partial charge on any atom is -0.489 e. The third kappa shape index (κ3) is 4.64. The Labute approximate surface area is 149 Å². The number of aryl methyl sites for hydroxylation is 3. The summed E-state index contributed by atoms with van der Waals surface area (Å²) in [5.74, 6) is 0.936. The molecule has 0 unspecified atom stereocenters. The highest BCUT2D eigenvalue weighted by atomic mass is 32.2. The van der Waals surface area contributed by atoms with Crippen LogP contribution < -0.4 is 4.74 Å². The van der Waals surface area contributed by atoms with Gasteiger partial charge >= 0.3 is 0 Å². The number of carbonyl (C=O) groups is 1. The van der Waals surface area contributed by atoms with Gasteiger partial charge in [0.25, 0.3) is 0 Å². The molecule has 2 aromatic rings. The van der Waals surface area contributed by atoms with Crippen molar-refractivity contribution < 1.29 is 9.53 Å². The van der Waals surface area contributed by atoms with Gasteiger partial charge in [0.05, 0.1) is 0 Å². The molecule has 0 saturated carbocycles. The van der Waals surface area contributed by atoms with Crippen LogP contribution in [0.4, 0.5) is 0 Å². The van der Waals surface area contributed by atoms with Gasteiger partial charge in [-0.2, -0.15) is 0 Å². The minimum absolute atomic E-state index is 0.180. The standard InChI is InChI=1S/C21H26O2S/c1-5-16-12-15(4)19(13-17(16)6-2)23-14-18-10-8-9-11-20(18)24-21(22)7-3/h8-13H,5-7,14H2,1-4H3. The first kappa shape index (κ1) is 18.6. The highest BCUT2D eigenvalue weighted by Gasteiger charge is 2.10. The zero-order valence-electron chi connectivity index (χ0n) is 15.0. The Morgan fingerprint density at radius 2 is 1.67 bits per heavy atom. The van der Waals surface area contributed by atoms with Crippen LogP contribution in [0, 0.1) is 6.92 Å². The van der Waals surface area contributed by atoms with Gasteiger partial charge in [-0.1, -0.05) is 56.8 Å². The number of carbonyl (C=O) groups excluding carboxylic acids is 1. The van der Waals surface area contributed by atoms with Gasteiger partial charge in [-0.3, -0.25) is 4.79 Å². The molecule has 0 N–H and O–H groups in total. The SMILES string of the molecule is CCC(=O)Sc1ccccc1COc1cc(CC)c(CC)cc1C. The average Bonchev–Trinajstić information content (AvgIpc) is 2.61. The third-order valence-corrected chi connectivity index (χ3v) is 5.26. The Bertz CT molecular complexity index is 707. The van der Waals surface area contributed by atoms with Crippen molar-refractivity contribution in [3.8, 4) is 5.75 Å². The van der Waals surface area contributed by atoms with E-state index in [0.717, 1.165) is 29.1 Å². The molecule has 24 heavy (non-hydrogen) atoms. The van der Waals surface area contributed by atoms with Crippen molar-refractivity contribution in [3.63, 3.8) is 0 Å². The Hall–Kier alpha value is -1.74. The van der Waals surface area contributed by atoms with Crippen LogP contribution in [0.3, 0.4) is 0 Å². The maximum Gasteiger partial charge on any atom is 0.193 e. The minimum atomic E-state index is 0.180. The molecule has 0 atom stereocenters. The Kier molecular flexibility index (Phi) is 6.92. The summed E-state index contributed by atoms with van der Waals surface area (Å²) in [6.45, 7) is 8.83. The third-order valence-electron chi connectivity index (χ3n) is 4.13. The molecule has 2 rings (SSSR count). The first-order valence-corrected chi connectivity index (χ1v) is 9.44. The van der Waals surface area contributed by atoms with Crippen molar-refractivity contribution >= 4 is 16.9 Å². The number of ether oxygens (including phenoxy) is 1. The molecule has 0 aliphatic heterocycles. The highest BCUT2D eigenvalue weighted by Crippen LogP contribution is 2.28. The van der Waals surface area contributed by atoms with Crippen molar-refractivity contribution in [2.24, 2.45) is 0 Å². The molecule has 2 aromatic carbocycles. The molecule has 2 nitrogen and oxygen atoms in total. The number of thioether (sulfide) groups is 1. The van der Waals surface area contributed by atoms with E-state index in [4.69, 9.17) is 4.74 Å². The van der Waals surface area contributed by atoms with Crippen molar-refractivity contribution in [1.29, 1.82) is 0 Å². The van der Waals surface area contributed by atoms with Gasteiger partial charge in [0, 0.05) is 16.9 Å². The normalized spacial score (nSPS) is 10.7. The molecule has 0 bridgehead atoms. The Balaban J connectivity index is 2.18. The van der Waals surface area contributed by atoms with Crippen molar-refractivity contribution in [3.05, 3.63) is 58.7 Å². The topological polar surface area (TPSA) is 26.3 Å². The van der Waals surface area contributed by atoms with Crippen LogP contribution in [-0.4, -0.2) is 5.12 Å². The molecule has 128 valence electrons. The number of rotatable bonds is 7. The summed E-state index contributed by atoms with van der Waals surface area (Å²) in [7, 11) is 0. The second-order valence-electron chi connectivity index (χ2n) is 5.82. The molecule has 0 saturated heterocycles. The van der Waals surface area contributed by atoms with Crippen LogP contribution in [0.1, 0.15) is 49.4 Å². The molecule has 0 aliphatic rings. The molecule has 0 fully saturated rings. The zero-order chi connectivity index (χ0) is 17.5. The predicted molar refractivity (Wildman–Crippen MR) is 102 cm³/mol. The summed E-state index contributed by atoms with van der Waals surface area (Å²) in [6.07, 6.45) is 2.59. The highest BCUT2D eigenvalue weighted by molar-refractivity contribution is 8.13. The van der Waals surface area contributed by atoms with E-state index < -0.39 is 0 Å². The first-order valence-electron chi connectivity index (χ1n) is 8.62. The van der Waals surface area contributed by atoms with Gasteiger partial charge in [0.2, 0.25) is 0 Å². The second kappa shape index (κ2) is 8.93. The summed E-state index contributed by atoms with van der Waals surface area (Å²) in [5, 5.41) is 0.180. The maximum absolute atomic E-state index is 11.7. The lowest BCUT2D eigenvalue weighted by Gasteiger charge is -2.15. The van der Waals surface area contributed by atoms with Crippen molar-refractivity contribution in [2.75, 3.05) is 0 Å². The van der Waals surface area contributed by atoms with Gasteiger partial charge in [-0.15, -0.1) is 0 Å². The quantitative estimate of drug-likeness (QED) is 0.601. The zero-order valence-corrected chi connectivity index (χ0v) is 15.8. The molecule has 3 heteroatoms. The molecule has 0 aliphatic carbocycles. The molecular formula is C21H26O2S. The second-order valence-corrected chi connectivity index (χ2v) is 6.92. The van der Waals surface area contributed by atoms with E-state index in [1.807, 2.05) is 31.2 Å². The van der Waals surface area contributed by atoms with Crippen LogP contribution in [-0.2, 0) is 24.2 Å². The fourth-order valence-corrected chi connectivity index (χ4v) is 3.47. The van der Waals surface area contributed by atoms with Gasteiger partial charge in [-0.25, -0.2) is 0 Å². The fourth-order valence-electron chi connectivity index (χ4n) is 2.68. The van der Waals surface area contributed by atoms with Gasteiger partial charge in [-0.05, 0) is 48.6 Å². The summed E-state index contributed by atoms with van der Waals surface area (Å²) in [4.78, 5) is 12.7. The van der Waals surface area contributed by atoms with Crippen LogP contribution >= 0.6 is 11.8 Å². The summed E-state index contributed by atoms with van der Waals surface area (Å²) in [5.41, 5.74) is 4.97. The van der Waals surface area contributed by atoms with E-state index in [0.29, 0.717) is 13.0 Å². The summed E-state index contributed by atoms with van der Waals surface area (Å²) < 4.78 is 6.10. The Morgan fingerprint density at radius 3 is 2.33 bits per heavy atom. The lowest BCUT2D eigenvalue weighted by Crippen LogP contribution is -2.02. The van der Waals surface area contributed by atoms with Gasteiger partial charge in [0.15, 0.2) is 5.12 Å². The van der Waals surface area contributed by atoms with E-state index >= 15 is 0 Å². The van der Waals surface area contributed by atoms with Crippen molar-refractivity contribution in [1.82, 2.24) is 0 Å². The van der Waals surface area contributed by atoms with E-state index in [-0.39, 0.29) is 5.12 Å². The average molecular weight is 343 g/mol. The van der Waals surface area contributed by atoms with Crippen LogP contribution in [0.2, 0.25) is 0 Å². The lowest BCUT2D eigenvalue weighted by molar-refractivity contribution is -0.110. The summed E-state index contributed by atoms with van der Waals surface area (Å²) in [6, 6.07) is 12.4. The predicted octanol–water partition coefficient (Wildman–Crippen LogP) is 5.73. The molecule has 0 spiro atoms. The summed E-state index contributed by atoms with van der Waals surface area (Å²) >= 11 is 1.30. The number of benzene rings is 2. The van der Waals surface area contributed by atoms with E-state index in [1.54, 1.807) is 0 Å². The largest absolute Gasteiger partial charge is 0.489 e. The van der Waals surface area contributed by atoms with Crippen molar-refractivity contribution in [2.45, 2.75) is 58.5 Å². The van der Waals surface area contributed by atoms with E-state index in [1.165, 1.54) is 28.5 Å². The molecular weight excluding hydrogens is 316 g/mol. The molecule has 0 heterocycles. The molecule has 0 radical (unpaired) electrons. The van der Waals surface area contributed by atoms with Crippen LogP contribution in [0.15, 0.2) is 41.3 Å². The number of hydrogen-bond acceptors (Lipinski definition) is 3. The lowest BCUT2D eigenvalue weighted by atomic mass is 10.00. The van der Waals surface area contributed by atoms with E-state index in [9.17, 15) is 4.79 Å². The fraction of sp³-hybridized carbons (Fsp3) is 0.381. The maximum atomic E-state index is 11.7. The smallest absolute Gasteiger partial charge is 0.193 e. The molecule has 0 aromatic heterocycles. The van der Waals surface area contributed by atoms with Gasteiger partial charge < -0.3 is 4.74 Å². The van der Waals surface area contributed by atoms with Crippen LogP contribution in [0.5, 0.6) is 5.75 Å². The van der Waals surface area contributed by atoms with Gasteiger partial charge in [0.1, 0.15) is 12.4 Å². The molecule has 0 amide bonds. The first-order chi connectivity index (χ1) is 11.6. The Morgan fingerprint density at radius 1 is 1.00 bits per heavy atom.